The SMILES string of the molecule is Cc1cccc(OCCC(=O)NC(C)c2ccc(C#N)cc2)c1C. The van der Waals surface area contributed by atoms with Gasteiger partial charge in [-0.05, 0) is 55.7 Å². The summed E-state index contributed by atoms with van der Waals surface area (Å²) in [5, 5.41) is 11.8. The molecule has 2 rings (SSSR count). The minimum absolute atomic E-state index is 0.0582. The summed E-state index contributed by atoms with van der Waals surface area (Å²) in [4.78, 5) is 12.0. The number of rotatable bonds is 6. The van der Waals surface area contributed by atoms with Crippen molar-refractivity contribution < 1.29 is 9.53 Å². The molecule has 0 saturated carbocycles. The van der Waals surface area contributed by atoms with E-state index in [1.54, 1.807) is 12.1 Å². The summed E-state index contributed by atoms with van der Waals surface area (Å²) in [6.07, 6.45) is 0.300. The number of nitrogens with one attached hydrogen (secondary N) is 1. The normalized spacial score (nSPS) is 11.4. The van der Waals surface area contributed by atoms with Crippen LogP contribution in [0.5, 0.6) is 5.75 Å². The molecule has 2 aromatic rings. The molecule has 4 heteroatoms. The molecule has 0 spiro atoms. The topological polar surface area (TPSA) is 62.1 Å². The van der Waals surface area contributed by atoms with E-state index in [-0.39, 0.29) is 11.9 Å². The van der Waals surface area contributed by atoms with Crippen LogP contribution in [0, 0.1) is 25.2 Å². The lowest BCUT2D eigenvalue weighted by Crippen LogP contribution is -2.27. The molecular weight excluding hydrogens is 300 g/mol. The lowest BCUT2D eigenvalue weighted by atomic mass is 10.1. The third-order valence-electron chi connectivity index (χ3n) is 4.06. The number of nitrogens with zero attached hydrogens (tertiary/aromatic N) is 1. The molecule has 1 amide bonds. The number of ether oxygens (including phenoxy) is 1. The second kappa shape index (κ2) is 8.16. The van der Waals surface area contributed by atoms with Crippen molar-refractivity contribution in [2.75, 3.05) is 6.61 Å². The predicted octanol–water partition coefficient (Wildman–Crippen LogP) is 3.82. The molecule has 0 aliphatic heterocycles. The second-order valence-electron chi connectivity index (χ2n) is 5.82. The van der Waals surface area contributed by atoms with Gasteiger partial charge in [0, 0.05) is 0 Å². The number of aryl methyl sites for hydroxylation is 1. The zero-order chi connectivity index (χ0) is 17.5. The summed E-state index contributed by atoms with van der Waals surface area (Å²) < 4.78 is 5.71. The van der Waals surface area contributed by atoms with Crippen LogP contribution in [0.2, 0.25) is 0 Å². The van der Waals surface area contributed by atoms with E-state index in [1.807, 2.05) is 51.1 Å². The van der Waals surface area contributed by atoms with E-state index in [0.717, 1.165) is 16.9 Å². The minimum atomic E-state index is -0.106. The van der Waals surface area contributed by atoms with Gasteiger partial charge in [-0.15, -0.1) is 0 Å². The summed E-state index contributed by atoms with van der Waals surface area (Å²) in [6, 6.07) is 15.1. The molecule has 0 aliphatic rings. The molecule has 0 fully saturated rings. The fourth-order valence-corrected chi connectivity index (χ4v) is 2.38. The molecule has 24 heavy (non-hydrogen) atoms. The van der Waals surface area contributed by atoms with Crippen molar-refractivity contribution in [3.05, 3.63) is 64.7 Å². The average molecular weight is 322 g/mol. The Hall–Kier alpha value is -2.80. The summed E-state index contributed by atoms with van der Waals surface area (Å²) in [6.45, 7) is 6.31. The maximum atomic E-state index is 12.0. The van der Waals surface area contributed by atoms with Gasteiger partial charge in [-0.1, -0.05) is 24.3 Å². The van der Waals surface area contributed by atoms with Crippen LogP contribution in [0.15, 0.2) is 42.5 Å². The highest BCUT2D eigenvalue weighted by atomic mass is 16.5. The van der Waals surface area contributed by atoms with E-state index in [2.05, 4.69) is 11.4 Å². The minimum Gasteiger partial charge on any atom is -0.493 e. The van der Waals surface area contributed by atoms with Crippen LogP contribution in [0.1, 0.15) is 41.6 Å². The van der Waals surface area contributed by atoms with Gasteiger partial charge in [-0.2, -0.15) is 5.26 Å². The first-order chi connectivity index (χ1) is 11.5. The second-order valence-corrected chi connectivity index (χ2v) is 5.82. The number of hydrogen-bond acceptors (Lipinski definition) is 3. The largest absolute Gasteiger partial charge is 0.493 e. The number of carbonyl (C=O) groups excluding carboxylic acids is 1. The van der Waals surface area contributed by atoms with Crippen molar-refractivity contribution in [2.24, 2.45) is 0 Å². The van der Waals surface area contributed by atoms with E-state index in [4.69, 9.17) is 10.00 Å². The molecule has 0 saturated heterocycles. The van der Waals surface area contributed by atoms with Gasteiger partial charge < -0.3 is 10.1 Å². The van der Waals surface area contributed by atoms with Gasteiger partial charge in [0.05, 0.1) is 30.7 Å². The summed E-state index contributed by atoms with van der Waals surface area (Å²) in [7, 11) is 0. The standard InChI is InChI=1S/C20H22N2O2/c1-14-5-4-6-19(15(14)2)24-12-11-20(23)22-16(3)18-9-7-17(13-21)8-10-18/h4-10,16H,11-12H2,1-3H3,(H,22,23). The molecular formula is C20H22N2O2. The fraction of sp³-hybridized carbons (Fsp3) is 0.300. The Labute approximate surface area is 143 Å². The average Bonchev–Trinajstić information content (AvgIpc) is 2.58. The molecule has 0 aliphatic carbocycles. The quantitative estimate of drug-likeness (QED) is 0.879. The van der Waals surface area contributed by atoms with Gasteiger partial charge in [0.25, 0.3) is 0 Å². The lowest BCUT2D eigenvalue weighted by molar-refractivity contribution is -0.122. The lowest BCUT2D eigenvalue weighted by Gasteiger charge is -2.15. The van der Waals surface area contributed by atoms with Crippen molar-refractivity contribution in [2.45, 2.75) is 33.2 Å². The first-order valence-electron chi connectivity index (χ1n) is 7.99. The molecule has 1 unspecified atom stereocenters. The van der Waals surface area contributed by atoms with Crippen LogP contribution >= 0.6 is 0 Å². The Morgan fingerprint density at radius 2 is 1.92 bits per heavy atom. The zero-order valence-corrected chi connectivity index (χ0v) is 14.3. The highest BCUT2D eigenvalue weighted by molar-refractivity contribution is 5.76. The summed E-state index contributed by atoms with van der Waals surface area (Å²) in [5.74, 6) is 0.764. The van der Waals surface area contributed by atoms with Crippen molar-refractivity contribution in [3.63, 3.8) is 0 Å². The van der Waals surface area contributed by atoms with Gasteiger partial charge in [-0.25, -0.2) is 0 Å². The van der Waals surface area contributed by atoms with Crippen molar-refractivity contribution in [1.82, 2.24) is 5.32 Å². The smallest absolute Gasteiger partial charge is 0.223 e. The van der Waals surface area contributed by atoms with E-state index in [9.17, 15) is 4.79 Å². The number of benzene rings is 2. The van der Waals surface area contributed by atoms with Crippen LogP contribution in [-0.2, 0) is 4.79 Å². The van der Waals surface area contributed by atoms with Crippen LogP contribution in [0.4, 0.5) is 0 Å². The Morgan fingerprint density at radius 1 is 1.21 bits per heavy atom. The third kappa shape index (κ3) is 4.60. The first-order valence-corrected chi connectivity index (χ1v) is 7.99. The predicted molar refractivity (Wildman–Crippen MR) is 93.7 cm³/mol. The van der Waals surface area contributed by atoms with Gasteiger partial charge in [0.2, 0.25) is 5.91 Å². The summed E-state index contributed by atoms with van der Waals surface area (Å²) in [5.41, 5.74) is 3.85. The third-order valence-corrected chi connectivity index (χ3v) is 4.06. The van der Waals surface area contributed by atoms with Crippen LogP contribution < -0.4 is 10.1 Å². The zero-order valence-electron chi connectivity index (χ0n) is 14.3. The molecule has 2 aromatic carbocycles. The maximum Gasteiger partial charge on any atom is 0.223 e. The molecule has 0 heterocycles. The number of nitriles is 1. The number of hydrogen-bond donors (Lipinski definition) is 1. The maximum absolute atomic E-state index is 12.0. The van der Waals surface area contributed by atoms with Gasteiger partial charge in [0.15, 0.2) is 0 Å². The monoisotopic (exact) mass is 322 g/mol. The number of carbonyl (C=O) groups is 1. The van der Waals surface area contributed by atoms with E-state index < -0.39 is 0 Å². The van der Waals surface area contributed by atoms with Gasteiger partial charge in [-0.3, -0.25) is 4.79 Å². The van der Waals surface area contributed by atoms with Crippen LogP contribution in [0.25, 0.3) is 0 Å². The van der Waals surface area contributed by atoms with Gasteiger partial charge >= 0.3 is 0 Å². The summed E-state index contributed by atoms with van der Waals surface area (Å²) >= 11 is 0. The Balaban J connectivity index is 1.82. The first kappa shape index (κ1) is 17.6. The molecule has 1 atom stereocenters. The molecule has 1 N–H and O–H groups in total. The van der Waals surface area contributed by atoms with Crippen molar-refractivity contribution >= 4 is 5.91 Å². The Kier molecular flexibility index (Phi) is 5.97. The van der Waals surface area contributed by atoms with Crippen molar-refractivity contribution in [1.29, 1.82) is 5.26 Å². The Bertz CT molecular complexity index is 745. The molecule has 0 aromatic heterocycles. The highest BCUT2D eigenvalue weighted by Gasteiger charge is 2.10. The van der Waals surface area contributed by atoms with Crippen LogP contribution in [0.3, 0.4) is 0 Å². The molecule has 124 valence electrons. The van der Waals surface area contributed by atoms with E-state index in [1.165, 1.54) is 5.56 Å². The highest BCUT2D eigenvalue weighted by Crippen LogP contribution is 2.20. The van der Waals surface area contributed by atoms with Gasteiger partial charge in [0.1, 0.15) is 5.75 Å². The van der Waals surface area contributed by atoms with Crippen molar-refractivity contribution in [3.8, 4) is 11.8 Å². The van der Waals surface area contributed by atoms with Crippen LogP contribution in [-0.4, -0.2) is 12.5 Å². The fourth-order valence-electron chi connectivity index (χ4n) is 2.38. The van der Waals surface area contributed by atoms with E-state index >= 15 is 0 Å². The molecule has 4 nitrogen and oxygen atoms in total. The molecule has 0 bridgehead atoms. The number of amides is 1. The Morgan fingerprint density at radius 3 is 2.58 bits per heavy atom. The van der Waals surface area contributed by atoms with E-state index in [0.29, 0.717) is 18.6 Å². The molecule has 0 radical (unpaired) electrons.